The highest BCUT2D eigenvalue weighted by Crippen LogP contribution is 2.28. The largest absolute Gasteiger partial charge is 0.497 e. The predicted molar refractivity (Wildman–Crippen MR) is 81.3 cm³/mol. The van der Waals surface area contributed by atoms with Gasteiger partial charge in [-0.2, -0.15) is 0 Å². The molecule has 0 aromatic heterocycles. The second kappa shape index (κ2) is 7.59. The van der Waals surface area contributed by atoms with Gasteiger partial charge in [0.05, 0.1) is 32.5 Å². The van der Waals surface area contributed by atoms with Crippen molar-refractivity contribution in [2.75, 3.05) is 13.7 Å². The van der Waals surface area contributed by atoms with Crippen LogP contribution in [0.4, 0.5) is 0 Å². The molecule has 1 fully saturated rings. The molecular weight excluding hydrogens is 268 g/mol. The second-order valence-electron chi connectivity index (χ2n) is 5.47. The molecule has 4 atom stereocenters. The van der Waals surface area contributed by atoms with Gasteiger partial charge in [-0.3, -0.25) is 0 Å². The molecule has 1 saturated heterocycles. The predicted octanol–water partition coefficient (Wildman–Crippen LogP) is 2.55. The summed E-state index contributed by atoms with van der Waals surface area (Å²) in [6, 6.07) is 7.78. The maximum Gasteiger partial charge on any atom is 0.118 e. The monoisotopic (exact) mass is 292 g/mol. The zero-order valence-corrected chi connectivity index (χ0v) is 12.7. The standard InChI is InChI=1S/C17H24O4/c1-4-15-12(2)9-16(17(10-18)21-15)20-11-13-5-7-14(19-3)8-6-13/h4-8,12,15-18H,1,9-11H2,2-3H3/t12-,15-,16-,17+/m0/s1. The molecule has 116 valence electrons. The van der Waals surface area contributed by atoms with E-state index in [1.54, 1.807) is 13.2 Å². The van der Waals surface area contributed by atoms with Crippen LogP contribution in [0.5, 0.6) is 5.75 Å². The van der Waals surface area contributed by atoms with Gasteiger partial charge in [0.25, 0.3) is 0 Å². The summed E-state index contributed by atoms with van der Waals surface area (Å²) in [5.74, 6) is 1.17. The summed E-state index contributed by atoms with van der Waals surface area (Å²) in [5, 5.41) is 9.47. The molecule has 1 aromatic carbocycles. The number of hydrogen-bond donors (Lipinski definition) is 1. The van der Waals surface area contributed by atoms with Crippen molar-refractivity contribution in [2.45, 2.75) is 38.3 Å². The van der Waals surface area contributed by atoms with Gasteiger partial charge >= 0.3 is 0 Å². The maximum atomic E-state index is 9.47. The average molecular weight is 292 g/mol. The smallest absolute Gasteiger partial charge is 0.118 e. The minimum atomic E-state index is -0.289. The molecule has 0 spiro atoms. The van der Waals surface area contributed by atoms with Crippen LogP contribution < -0.4 is 4.74 Å². The Labute approximate surface area is 126 Å². The first kappa shape index (κ1) is 16.0. The van der Waals surface area contributed by atoms with Crippen molar-refractivity contribution in [1.82, 2.24) is 0 Å². The lowest BCUT2D eigenvalue weighted by Crippen LogP contribution is -2.45. The van der Waals surface area contributed by atoms with Crippen molar-refractivity contribution in [2.24, 2.45) is 5.92 Å². The molecule has 0 bridgehead atoms. The zero-order valence-electron chi connectivity index (χ0n) is 12.7. The van der Waals surface area contributed by atoms with Crippen LogP contribution in [-0.2, 0) is 16.1 Å². The molecule has 4 nitrogen and oxygen atoms in total. The van der Waals surface area contributed by atoms with Crippen LogP contribution in [0.15, 0.2) is 36.9 Å². The lowest BCUT2D eigenvalue weighted by molar-refractivity contribution is -0.163. The van der Waals surface area contributed by atoms with Gasteiger partial charge in [0, 0.05) is 0 Å². The van der Waals surface area contributed by atoms with Gasteiger partial charge in [-0.15, -0.1) is 6.58 Å². The van der Waals surface area contributed by atoms with Gasteiger partial charge < -0.3 is 19.3 Å². The third kappa shape index (κ3) is 4.06. The Bertz CT molecular complexity index is 443. The average Bonchev–Trinajstić information content (AvgIpc) is 2.53. The van der Waals surface area contributed by atoms with Crippen molar-refractivity contribution in [3.63, 3.8) is 0 Å². The molecule has 0 aliphatic carbocycles. The first-order valence-corrected chi connectivity index (χ1v) is 7.31. The second-order valence-corrected chi connectivity index (χ2v) is 5.47. The topological polar surface area (TPSA) is 47.9 Å². The summed E-state index contributed by atoms with van der Waals surface area (Å²) in [6.07, 6.45) is 2.26. The molecule has 0 radical (unpaired) electrons. The first-order chi connectivity index (χ1) is 10.2. The normalized spacial score (nSPS) is 29.1. The SMILES string of the molecule is C=C[C@@H]1O[C@H](CO)[C@@H](OCc2ccc(OC)cc2)C[C@@H]1C. The fourth-order valence-electron chi connectivity index (χ4n) is 2.62. The minimum Gasteiger partial charge on any atom is -0.497 e. The van der Waals surface area contributed by atoms with Crippen molar-refractivity contribution in [3.05, 3.63) is 42.5 Å². The molecule has 2 rings (SSSR count). The van der Waals surface area contributed by atoms with Gasteiger partial charge in [-0.25, -0.2) is 0 Å². The van der Waals surface area contributed by atoms with Gasteiger partial charge in [-0.05, 0) is 30.0 Å². The number of hydrogen-bond acceptors (Lipinski definition) is 4. The Balaban J connectivity index is 1.92. The van der Waals surface area contributed by atoms with E-state index < -0.39 is 0 Å². The molecule has 4 heteroatoms. The fourth-order valence-corrected chi connectivity index (χ4v) is 2.62. The Morgan fingerprint density at radius 2 is 2.10 bits per heavy atom. The Hall–Kier alpha value is -1.36. The summed E-state index contributed by atoms with van der Waals surface area (Å²) < 4.78 is 16.9. The van der Waals surface area contributed by atoms with E-state index in [-0.39, 0.29) is 24.9 Å². The third-order valence-electron chi connectivity index (χ3n) is 3.95. The Morgan fingerprint density at radius 3 is 2.67 bits per heavy atom. The lowest BCUT2D eigenvalue weighted by atomic mass is 9.91. The van der Waals surface area contributed by atoms with Crippen LogP contribution in [0, 0.1) is 5.92 Å². The lowest BCUT2D eigenvalue weighted by Gasteiger charge is -2.38. The van der Waals surface area contributed by atoms with Gasteiger partial charge in [-0.1, -0.05) is 25.1 Å². The van der Waals surface area contributed by atoms with Gasteiger partial charge in [0.15, 0.2) is 0 Å². The third-order valence-corrected chi connectivity index (χ3v) is 3.95. The van der Waals surface area contributed by atoms with Crippen molar-refractivity contribution >= 4 is 0 Å². The molecule has 1 N–H and O–H groups in total. The van der Waals surface area contributed by atoms with E-state index in [1.807, 2.05) is 24.3 Å². The highest BCUT2D eigenvalue weighted by molar-refractivity contribution is 5.26. The minimum absolute atomic E-state index is 0.0111. The van der Waals surface area contributed by atoms with E-state index in [0.29, 0.717) is 12.5 Å². The number of rotatable bonds is 6. The van der Waals surface area contributed by atoms with Crippen LogP contribution in [-0.4, -0.2) is 37.1 Å². The fraction of sp³-hybridized carbons (Fsp3) is 0.529. The van der Waals surface area contributed by atoms with Crippen LogP contribution in [0.1, 0.15) is 18.9 Å². The molecule has 1 aliphatic rings. The number of aliphatic hydroxyl groups excluding tert-OH is 1. The molecule has 1 aromatic rings. The van der Waals surface area contributed by atoms with E-state index in [2.05, 4.69) is 13.5 Å². The summed E-state index contributed by atoms with van der Waals surface area (Å²) in [5.41, 5.74) is 1.07. The highest BCUT2D eigenvalue weighted by Gasteiger charge is 2.34. The number of methoxy groups -OCH3 is 1. The quantitative estimate of drug-likeness (QED) is 0.819. The van der Waals surface area contributed by atoms with Crippen LogP contribution in [0.3, 0.4) is 0 Å². The zero-order chi connectivity index (χ0) is 15.2. The molecule has 0 unspecified atom stereocenters. The van der Waals surface area contributed by atoms with E-state index in [9.17, 15) is 5.11 Å². The van der Waals surface area contributed by atoms with Crippen molar-refractivity contribution < 1.29 is 19.3 Å². The first-order valence-electron chi connectivity index (χ1n) is 7.31. The maximum absolute atomic E-state index is 9.47. The molecular formula is C17H24O4. The van der Waals surface area contributed by atoms with Crippen LogP contribution in [0.2, 0.25) is 0 Å². The van der Waals surface area contributed by atoms with Crippen LogP contribution >= 0.6 is 0 Å². The summed E-state index contributed by atoms with van der Waals surface area (Å²) >= 11 is 0. The summed E-state index contributed by atoms with van der Waals surface area (Å²) in [4.78, 5) is 0. The van der Waals surface area contributed by atoms with E-state index in [0.717, 1.165) is 17.7 Å². The van der Waals surface area contributed by atoms with Gasteiger partial charge in [0.2, 0.25) is 0 Å². The summed E-state index contributed by atoms with van der Waals surface area (Å²) in [7, 11) is 1.65. The summed E-state index contributed by atoms with van der Waals surface area (Å²) in [6.45, 7) is 6.36. The molecule has 0 saturated carbocycles. The molecule has 21 heavy (non-hydrogen) atoms. The van der Waals surface area contributed by atoms with Gasteiger partial charge in [0.1, 0.15) is 11.9 Å². The Kier molecular flexibility index (Phi) is 5.79. The molecule has 1 heterocycles. The van der Waals surface area contributed by atoms with E-state index in [1.165, 1.54) is 0 Å². The van der Waals surface area contributed by atoms with E-state index >= 15 is 0 Å². The molecule has 0 amide bonds. The number of benzene rings is 1. The van der Waals surface area contributed by atoms with Crippen molar-refractivity contribution in [1.29, 1.82) is 0 Å². The number of ether oxygens (including phenoxy) is 3. The Morgan fingerprint density at radius 1 is 1.38 bits per heavy atom. The van der Waals surface area contributed by atoms with E-state index in [4.69, 9.17) is 14.2 Å². The van der Waals surface area contributed by atoms with Crippen molar-refractivity contribution in [3.8, 4) is 5.75 Å². The highest BCUT2D eigenvalue weighted by atomic mass is 16.6. The van der Waals surface area contributed by atoms with Crippen LogP contribution in [0.25, 0.3) is 0 Å². The number of aliphatic hydroxyl groups is 1. The molecule has 1 aliphatic heterocycles.